The highest BCUT2D eigenvalue weighted by atomic mass is 28.4. The predicted octanol–water partition coefficient (Wildman–Crippen LogP) is 2.54. The lowest BCUT2D eigenvalue weighted by Crippen LogP contribution is -2.31. The number of hydrogen-bond donors (Lipinski definition) is 1. The van der Waals surface area contributed by atoms with Gasteiger partial charge >= 0.3 is 0 Å². The monoisotopic (exact) mass is 158 g/mol. The van der Waals surface area contributed by atoms with Crippen molar-refractivity contribution in [2.24, 2.45) is 0 Å². The Morgan fingerprint density at radius 1 is 1.60 bits per heavy atom. The highest BCUT2D eigenvalue weighted by Gasteiger charge is 2.26. The lowest BCUT2D eigenvalue weighted by atomic mass is 10.2. The summed E-state index contributed by atoms with van der Waals surface area (Å²) in [4.78, 5) is 9.70. The summed E-state index contributed by atoms with van der Waals surface area (Å²) < 4.78 is 0. The number of hydrogen-bond acceptors (Lipinski definition) is 1. The van der Waals surface area contributed by atoms with Crippen molar-refractivity contribution in [2.75, 3.05) is 0 Å². The van der Waals surface area contributed by atoms with Gasteiger partial charge in [0.15, 0.2) is 8.32 Å². The average Bonchev–Trinajstić information content (AvgIpc) is 1.80. The molecule has 0 saturated heterocycles. The molecule has 0 heterocycles. The van der Waals surface area contributed by atoms with Gasteiger partial charge in [-0.05, 0) is 25.1 Å². The Bertz CT molecular complexity index is 104. The van der Waals surface area contributed by atoms with Crippen LogP contribution in [0.2, 0.25) is 18.6 Å². The van der Waals surface area contributed by atoms with E-state index in [0.29, 0.717) is 5.54 Å². The van der Waals surface area contributed by atoms with Crippen LogP contribution in [0.3, 0.4) is 0 Å². The first kappa shape index (κ1) is 9.92. The molecule has 0 fully saturated rings. The lowest BCUT2D eigenvalue weighted by Gasteiger charge is -2.24. The Morgan fingerprint density at radius 2 is 2.10 bits per heavy atom. The summed E-state index contributed by atoms with van der Waals surface area (Å²) in [6.07, 6.45) is 3.94. The van der Waals surface area contributed by atoms with E-state index < -0.39 is 8.32 Å². The van der Waals surface area contributed by atoms with Crippen molar-refractivity contribution < 1.29 is 4.80 Å². The highest BCUT2D eigenvalue weighted by molar-refractivity contribution is 6.71. The van der Waals surface area contributed by atoms with Crippen molar-refractivity contribution in [1.29, 1.82) is 0 Å². The van der Waals surface area contributed by atoms with Gasteiger partial charge in [0.2, 0.25) is 0 Å². The molecule has 0 aromatic carbocycles. The van der Waals surface area contributed by atoms with Gasteiger partial charge in [0.05, 0.1) is 0 Å². The van der Waals surface area contributed by atoms with Gasteiger partial charge in [-0.3, -0.25) is 0 Å². The molecule has 1 unspecified atom stereocenters. The van der Waals surface area contributed by atoms with Crippen LogP contribution in [0.1, 0.15) is 19.8 Å². The molecule has 0 radical (unpaired) electrons. The van der Waals surface area contributed by atoms with E-state index in [1.807, 2.05) is 19.2 Å². The molecule has 0 aromatic rings. The predicted molar refractivity (Wildman–Crippen MR) is 48.6 cm³/mol. The zero-order valence-corrected chi connectivity index (χ0v) is 8.22. The van der Waals surface area contributed by atoms with Crippen LogP contribution in [0, 0.1) is 0 Å². The van der Waals surface area contributed by atoms with E-state index >= 15 is 0 Å². The zero-order chi connectivity index (χ0) is 8.20. The molecule has 0 aliphatic heterocycles. The van der Waals surface area contributed by atoms with Crippen LogP contribution in [0.4, 0.5) is 0 Å². The van der Waals surface area contributed by atoms with Gasteiger partial charge in [0, 0.05) is 0 Å². The average molecular weight is 158 g/mol. The fourth-order valence-corrected chi connectivity index (χ4v) is 2.90. The third-order valence-electron chi connectivity index (χ3n) is 1.94. The van der Waals surface area contributed by atoms with Crippen molar-refractivity contribution in [3.05, 3.63) is 12.7 Å². The van der Waals surface area contributed by atoms with Crippen LogP contribution in [0.5, 0.6) is 0 Å². The topological polar surface area (TPSA) is 20.2 Å². The summed E-state index contributed by atoms with van der Waals surface area (Å²) in [6.45, 7) is 9.78. The summed E-state index contributed by atoms with van der Waals surface area (Å²) in [6, 6.07) is 0. The fraction of sp³-hybridized carbons (Fsp3) is 0.750. The first-order valence-corrected chi connectivity index (χ1v) is 6.88. The maximum atomic E-state index is 9.70. The molecular formula is C8H18OSi. The molecule has 1 atom stereocenters. The van der Waals surface area contributed by atoms with Crippen molar-refractivity contribution in [3.63, 3.8) is 0 Å². The quantitative estimate of drug-likeness (QED) is 0.492. The van der Waals surface area contributed by atoms with E-state index in [1.165, 1.54) is 0 Å². The minimum Gasteiger partial charge on any atom is -0.432 e. The fourth-order valence-electron chi connectivity index (χ4n) is 1.16. The summed E-state index contributed by atoms with van der Waals surface area (Å²) in [5.41, 5.74) is 0.491. The number of rotatable bonds is 4. The standard InChI is InChI=1S/C8H18OSi/c1-5-7-8(6-2)10(3,4)9/h5,8-9H,1,6-7H2,2-4H3. The van der Waals surface area contributed by atoms with Crippen molar-refractivity contribution >= 4 is 8.32 Å². The van der Waals surface area contributed by atoms with Gasteiger partial charge in [0.25, 0.3) is 0 Å². The van der Waals surface area contributed by atoms with Crippen LogP contribution >= 0.6 is 0 Å². The van der Waals surface area contributed by atoms with Crippen LogP contribution in [0.15, 0.2) is 12.7 Å². The molecule has 0 aliphatic carbocycles. The third kappa shape index (κ3) is 3.18. The first-order valence-electron chi connectivity index (χ1n) is 3.85. The second-order valence-electron chi connectivity index (χ2n) is 3.28. The van der Waals surface area contributed by atoms with Crippen molar-refractivity contribution in [3.8, 4) is 0 Å². The van der Waals surface area contributed by atoms with Crippen LogP contribution in [-0.4, -0.2) is 13.1 Å². The van der Waals surface area contributed by atoms with Gasteiger partial charge in [-0.1, -0.05) is 19.4 Å². The van der Waals surface area contributed by atoms with Crippen molar-refractivity contribution in [2.45, 2.75) is 38.4 Å². The van der Waals surface area contributed by atoms with Gasteiger partial charge in [0.1, 0.15) is 0 Å². The third-order valence-corrected chi connectivity index (χ3v) is 4.59. The van der Waals surface area contributed by atoms with Gasteiger partial charge in [-0.15, -0.1) is 6.58 Å². The molecular weight excluding hydrogens is 140 g/mol. The second kappa shape index (κ2) is 3.94. The normalized spacial score (nSPS) is 14.8. The smallest absolute Gasteiger partial charge is 0.185 e. The Hall–Kier alpha value is -0.0831. The summed E-state index contributed by atoms with van der Waals surface area (Å²) in [5.74, 6) is 0. The minimum absolute atomic E-state index is 0.491. The van der Waals surface area contributed by atoms with Crippen LogP contribution in [0.25, 0.3) is 0 Å². The molecule has 10 heavy (non-hydrogen) atoms. The van der Waals surface area contributed by atoms with Crippen LogP contribution in [-0.2, 0) is 0 Å². The van der Waals surface area contributed by atoms with Crippen LogP contribution < -0.4 is 0 Å². The largest absolute Gasteiger partial charge is 0.432 e. The summed E-state index contributed by atoms with van der Waals surface area (Å²) >= 11 is 0. The Balaban J connectivity index is 3.92. The van der Waals surface area contributed by atoms with E-state index in [9.17, 15) is 4.80 Å². The molecule has 0 bridgehead atoms. The molecule has 60 valence electrons. The summed E-state index contributed by atoms with van der Waals surface area (Å²) in [7, 11) is -1.88. The molecule has 0 amide bonds. The Morgan fingerprint density at radius 3 is 2.20 bits per heavy atom. The maximum absolute atomic E-state index is 9.70. The summed E-state index contributed by atoms with van der Waals surface area (Å²) in [5, 5.41) is 0. The number of allylic oxidation sites excluding steroid dienone is 1. The first-order chi connectivity index (χ1) is 4.52. The lowest BCUT2D eigenvalue weighted by molar-refractivity contribution is 0.513. The molecule has 0 saturated carbocycles. The minimum atomic E-state index is -1.88. The van der Waals surface area contributed by atoms with E-state index in [2.05, 4.69) is 13.5 Å². The van der Waals surface area contributed by atoms with E-state index in [0.717, 1.165) is 12.8 Å². The van der Waals surface area contributed by atoms with Crippen molar-refractivity contribution in [1.82, 2.24) is 0 Å². The van der Waals surface area contributed by atoms with E-state index in [4.69, 9.17) is 0 Å². The molecule has 1 N–H and O–H groups in total. The molecule has 0 aliphatic rings. The highest BCUT2D eigenvalue weighted by Crippen LogP contribution is 2.26. The molecule has 0 spiro atoms. The van der Waals surface area contributed by atoms with E-state index in [1.54, 1.807) is 0 Å². The molecule has 1 nitrogen and oxygen atoms in total. The second-order valence-corrected chi connectivity index (χ2v) is 7.41. The molecule has 2 heteroatoms. The molecule has 0 aromatic heterocycles. The maximum Gasteiger partial charge on any atom is 0.185 e. The SMILES string of the molecule is C=CCC(CC)[Si](C)(C)O. The van der Waals surface area contributed by atoms with Gasteiger partial charge in [-0.25, -0.2) is 0 Å². The Kier molecular flexibility index (Phi) is 3.90. The molecule has 0 rings (SSSR count). The van der Waals surface area contributed by atoms with E-state index in [-0.39, 0.29) is 0 Å². The Labute approximate surface area is 64.9 Å². The zero-order valence-electron chi connectivity index (χ0n) is 7.22. The van der Waals surface area contributed by atoms with Gasteiger partial charge in [-0.2, -0.15) is 0 Å². The van der Waals surface area contributed by atoms with Gasteiger partial charge < -0.3 is 4.80 Å².